The third-order valence-electron chi connectivity index (χ3n) is 10.3. The molecular formula is C43H56FN5O9S. The number of amides is 3. The molecule has 4 rings (SSSR count). The van der Waals surface area contributed by atoms with Crippen molar-refractivity contribution < 1.29 is 47.7 Å². The van der Waals surface area contributed by atoms with Crippen LogP contribution in [0.1, 0.15) is 111 Å². The molecule has 1 aliphatic heterocycles. The summed E-state index contributed by atoms with van der Waals surface area (Å²) in [7, 11) is 1.88. The number of aromatic nitrogens is 1. The second kappa shape index (κ2) is 22.2. The molecule has 3 amide bonds. The molecular weight excluding hydrogens is 782 g/mol. The summed E-state index contributed by atoms with van der Waals surface area (Å²) in [5, 5.41) is 16.9. The monoisotopic (exact) mass is 837 g/mol. The topological polar surface area (TPSA) is 185 Å². The molecule has 3 aromatic rings. The van der Waals surface area contributed by atoms with Gasteiger partial charge in [0, 0.05) is 37.2 Å². The van der Waals surface area contributed by atoms with Gasteiger partial charge in [0.25, 0.3) is 5.91 Å². The maximum Gasteiger partial charge on any atom is 0.339 e. The van der Waals surface area contributed by atoms with E-state index in [1.165, 1.54) is 29.3 Å². The number of nitrogens with zero attached hydrogens (tertiary/aromatic N) is 3. The van der Waals surface area contributed by atoms with E-state index in [0.29, 0.717) is 12.0 Å². The Kier molecular flexibility index (Phi) is 17.5. The van der Waals surface area contributed by atoms with Crippen LogP contribution in [0.3, 0.4) is 0 Å². The van der Waals surface area contributed by atoms with Crippen LogP contribution in [-0.2, 0) is 35.1 Å². The molecule has 320 valence electrons. The number of carbonyl (C=O) groups is 6. The van der Waals surface area contributed by atoms with Crippen LogP contribution in [0, 0.1) is 17.7 Å². The van der Waals surface area contributed by atoms with Crippen molar-refractivity contribution in [3.63, 3.8) is 0 Å². The van der Waals surface area contributed by atoms with Crippen LogP contribution >= 0.6 is 11.3 Å². The quantitative estimate of drug-likeness (QED) is 0.0927. The normalized spacial score (nSPS) is 16.4. The number of ether oxygens (including phenoxy) is 2. The molecule has 0 saturated carbocycles. The molecule has 5 atom stereocenters. The van der Waals surface area contributed by atoms with E-state index < -0.39 is 72.5 Å². The summed E-state index contributed by atoms with van der Waals surface area (Å²) >= 11 is 1.07. The highest BCUT2D eigenvalue weighted by Gasteiger charge is 2.39. The van der Waals surface area contributed by atoms with Crippen LogP contribution < -0.4 is 10.6 Å². The maximum atomic E-state index is 14.7. The molecule has 2 aromatic carbocycles. The van der Waals surface area contributed by atoms with Crippen molar-refractivity contribution in [3.05, 3.63) is 87.6 Å². The van der Waals surface area contributed by atoms with Gasteiger partial charge in [-0.15, -0.1) is 11.3 Å². The zero-order chi connectivity index (χ0) is 43.2. The van der Waals surface area contributed by atoms with Crippen molar-refractivity contribution in [1.82, 2.24) is 25.4 Å². The van der Waals surface area contributed by atoms with Gasteiger partial charge in [-0.1, -0.05) is 64.4 Å². The van der Waals surface area contributed by atoms with Crippen LogP contribution in [0.5, 0.6) is 0 Å². The third-order valence-corrected chi connectivity index (χ3v) is 11.3. The predicted octanol–water partition coefficient (Wildman–Crippen LogP) is 5.78. The molecule has 3 N–H and O–H groups in total. The average Bonchev–Trinajstić information content (AvgIpc) is 3.69. The van der Waals surface area contributed by atoms with Gasteiger partial charge in [-0.3, -0.25) is 28.9 Å². The van der Waals surface area contributed by atoms with Gasteiger partial charge in [0.15, 0.2) is 12.8 Å². The Labute approximate surface area is 348 Å². The van der Waals surface area contributed by atoms with Crippen molar-refractivity contribution in [2.45, 2.75) is 110 Å². The molecule has 16 heteroatoms. The lowest BCUT2D eigenvalue weighted by molar-refractivity contribution is -0.151. The zero-order valence-electron chi connectivity index (χ0n) is 34.5. The fraction of sp³-hybridized carbons (Fsp3) is 0.512. The van der Waals surface area contributed by atoms with Gasteiger partial charge < -0.3 is 30.1 Å². The lowest BCUT2D eigenvalue weighted by Gasteiger charge is -2.39. The highest BCUT2D eigenvalue weighted by atomic mass is 32.1. The van der Waals surface area contributed by atoms with E-state index in [1.807, 2.05) is 39.6 Å². The number of rotatable bonds is 20. The summed E-state index contributed by atoms with van der Waals surface area (Å²) in [4.78, 5) is 87.0. The number of carbonyl (C=O) groups excluding carboxylic acids is 5. The van der Waals surface area contributed by atoms with Gasteiger partial charge in [-0.25, -0.2) is 14.2 Å². The second-order valence-corrected chi connectivity index (χ2v) is 16.5. The SMILES string of the molecule is CC(=O)O[C@H](C[C@H](C(C)C)N(COC(=O)c1ccccc1)C(=O)C(NC(=O)C1CCCCN1C)C(C)C)c1nc(C(=O)N[C@H](CCC(=O)O)Cc2ccc(F)cc2)cs1. The number of carboxylic acids is 1. The molecule has 1 aromatic heterocycles. The van der Waals surface area contributed by atoms with Crippen LogP contribution in [0.2, 0.25) is 0 Å². The number of aliphatic carboxylic acids is 1. The second-order valence-electron chi connectivity index (χ2n) is 15.6. The molecule has 0 bridgehead atoms. The van der Waals surface area contributed by atoms with E-state index in [0.717, 1.165) is 30.7 Å². The summed E-state index contributed by atoms with van der Waals surface area (Å²) in [6.45, 7) is 8.90. The standard InChI is InChI=1S/C43H56FN5O9S/c1-26(2)35(49(25-57-43(56)30-12-8-7-9-13-30)42(55)38(27(3)4)47-40(54)34-14-10-11-21-48(34)6)23-36(58-28(5)50)41-46-33(24-59-41)39(53)45-32(19-20-37(51)52)22-29-15-17-31(44)18-16-29/h7-9,12-13,15-18,24,26-27,32,34-36,38H,10-11,14,19-23,25H2,1-6H3,(H,45,53)(H,47,54)(H,51,52)/t32-,34?,35-,36-,38?/m1/s1. The Morgan fingerprint density at radius 3 is 2.29 bits per heavy atom. The number of thiazole rings is 1. The highest BCUT2D eigenvalue weighted by molar-refractivity contribution is 7.09. The lowest BCUT2D eigenvalue weighted by atomic mass is 9.93. The number of benzene rings is 2. The minimum atomic E-state index is -1.04. The molecule has 59 heavy (non-hydrogen) atoms. The van der Waals surface area contributed by atoms with E-state index in [4.69, 9.17) is 9.47 Å². The van der Waals surface area contributed by atoms with Crippen LogP contribution in [-0.4, -0.2) is 100 Å². The molecule has 2 heterocycles. The number of esters is 2. The first-order valence-corrected chi connectivity index (χ1v) is 20.8. The number of halogens is 1. The van der Waals surface area contributed by atoms with E-state index in [2.05, 4.69) is 15.6 Å². The summed E-state index contributed by atoms with van der Waals surface area (Å²) < 4.78 is 25.1. The van der Waals surface area contributed by atoms with Crippen LogP contribution in [0.15, 0.2) is 60.0 Å². The number of hydrogen-bond acceptors (Lipinski definition) is 11. The van der Waals surface area contributed by atoms with Crippen molar-refractivity contribution in [1.29, 1.82) is 0 Å². The number of nitrogens with one attached hydrogen (secondary N) is 2. The smallest absolute Gasteiger partial charge is 0.339 e. The first-order valence-electron chi connectivity index (χ1n) is 20.0. The highest BCUT2D eigenvalue weighted by Crippen LogP contribution is 2.32. The molecule has 1 saturated heterocycles. The Morgan fingerprint density at radius 2 is 1.68 bits per heavy atom. The summed E-state index contributed by atoms with van der Waals surface area (Å²) in [6, 6.07) is 11.3. The Balaban J connectivity index is 1.62. The number of piperidine rings is 1. The minimum absolute atomic E-state index is 0.00247. The molecule has 2 unspecified atom stereocenters. The van der Waals surface area contributed by atoms with Crippen molar-refractivity contribution in [3.8, 4) is 0 Å². The van der Waals surface area contributed by atoms with E-state index in [9.17, 15) is 38.3 Å². The Hall–Kier alpha value is -5.22. The Morgan fingerprint density at radius 1 is 0.983 bits per heavy atom. The number of hydrogen-bond donors (Lipinski definition) is 3. The molecule has 0 aliphatic carbocycles. The van der Waals surface area contributed by atoms with E-state index >= 15 is 0 Å². The van der Waals surface area contributed by atoms with Gasteiger partial charge in [-0.2, -0.15) is 0 Å². The maximum absolute atomic E-state index is 14.7. The van der Waals surface area contributed by atoms with Crippen LogP contribution in [0.4, 0.5) is 4.39 Å². The molecule has 0 spiro atoms. The zero-order valence-corrected chi connectivity index (χ0v) is 35.3. The van der Waals surface area contributed by atoms with E-state index in [1.54, 1.807) is 42.5 Å². The molecule has 14 nitrogen and oxygen atoms in total. The first-order chi connectivity index (χ1) is 28.0. The predicted molar refractivity (Wildman–Crippen MR) is 219 cm³/mol. The number of carboxylic acid groups (broad SMARTS) is 1. The summed E-state index contributed by atoms with van der Waals surface area (Å²) in [6.07, 6.45) is 1.61. The number of likely N-dealkylation sites (tertiary alicyclic amines) is 1. The Bertz CT molecular complexity index is 1890. The fourth-order valence-electron chi connectivity index (χ4n) is 7.06. The van der Waals surface area contributed by atoms with E-state index in [-0.39, 0.29) is 59.7 Å². The fourth-order valence-corrected chi connectivity index (χ4v) is 7.90. The minimum Gasteiger partial charge on any atom is -0.481 e. The van der Waals surface area contributed by atoms with Crippen molar-refractivity contribution >= 4 is 47.0 Å². The van der Waals surface area contributed by atoms with Crippen molar-refractivity contribution in [2.24, 2.45) is 11.8 Å². The average molecular weight is 838 g/mol. The summed E-state index contributed by atoms with van der Waals surface area (Å²) in [5.41, 5.74) is 0.983. The van der Waals surface area contributed by atoms with Crippen molar-refractivity contribution in [2.75, 3.05) is 20.3 Å². The largest absolute Gasteiger partial charge is 0.481 e. The molecule has 1 fully saturated rings. The molecule has 0 radical (unpaired) electrons. The summed E-state index contributed by atoms with van der Waals surface area (Å²) in [5.74, 6) is -4.75. The first kappa shape index (κ1) is 46.5. The van der Waals surface area contributed by atoms with Gasteiger partial charge in [0.2, 0.25) is 11.8 Å². The number of likely N-dealkylation sites (N-methyl/N-ethyl adjacent to an activating group) is 1. The van der Waals surface area contributed by atoms with Gasteiger partial charge in [-0.05, 0) is 80.9 Å². The molecule has 1 aliphatic rings. The van der Waals surface area contributed by atoms with Gasteiger partial charge >= 0.3 is 17.9 Å². The third kappa shape index (κ3) is 13.9. The lowest BCUT2D eigenvalue weighted by Crippen LogP contribution is -2.59. The van der Waals surface area contributed by atoms with Gasteiger partial charge in [0.05, 0.1) is 11.6 Å². The van der Waals surface area contributed by atoms with Gasteiger partial charge in [0.1, 0.15) is 22.6 Å². The van der Waals surface area contributed by atoms with Crippen LogP contribution in [0.25, 0.3) is 0 Å².